The Labute approximate surface area is 112 Å². The first kappa shape index (κ1) is 14.4. The molecule has 1 fully saturated rings. The van der Waals surface area contributed by atoms with E-state index in [0.29, 0.717) is 18.7 Å². The van der Waals surface area contributed by atoms with E-state index in [4.69, 9.17) is 10.5 Å². The number of rotatable bonds is 4. The highest BCUT2D eigenvalue weighted by atomic mass is 19.1. The number of hydrogen-bond donors (Lipinski definition) is 1. The third-order valence-corrected chi connectivity index (χ3v) is 3.56. The van der Waals surface area contributed by atoms with E-state index < -0.39 is 11.6 Å². The Hall–Kier alpha value is -1.04. The van der Waals surface area contributed by atoms with Crippen molar-refractivity contribution in [2.24, 2.45) is 5.73 Å². The predicted octanol–water partition coefficient (Wildman–Crippen LogP) is 2.08. The van der Waals surface area contributed by atoms with E-state index >= 15 is 0 Å². The van der Waals surface area contributed by atoms with Gasteiger partial charge in [-0.1, -0.05) is 6.92 Å². The van der Waals surface area contributed by atoms with Crippen molar-refractivity contribution in [1.29, 1.82) is 0 Å². The van der Waals surface area contributed by atoms with E-state index in [-0.39, 0.29) is 12.1 Å². The van der Waals surface area contributed by atoms with E-state index in [1.165, 1.54) is 12.1 Å². The molecule has 1 saturated heterocycles. The summed E-state index contributed by atoms with van der Waals surface area (Å²) in [7, 11) is 0. The lowest BCUT2D eigenvalue weighted by Crippen LogP contribution is -2.46. The Balaban J connectivity index is 2.18. The van der Waals surface area contributed by atoms with Crippen LogP contribution in [-0.2, 0) is 4.74 Å². The molecule has 0 radical (unpaired) electrons. The molecule has 0 aliphatic carbocycles. The highest BCUT2D eigenvalue weighted by Gasteiger charge is 2.26. The molecule has 2 N–H and O–H groups in total. The van der Waals surface area contributed by atoms with Gasteiger partial charge in [-0.15, -0.1) is 0 Å². The molecule has 1 aromatic carbocycles. The molecule has 2 rings (SSSR count). The first-order chi connectivity index (χ1) is 9.13. The Morgan fingerprint density at radius 1 is 1.37 bits per heavy atom. The van der Waals surface area contributed by atoms with Gasteiger partial charge in [0.25, 0.3) is 0 Å². The van der Waals surface area contributed by atoms with Crippen LogP contribution in [0, 0.1) is 11.6 Å². The minimum Gasteiger partial charge on any atom is -0.376 e. The molecular weight excluding hydrogens is 250 g/mol. The first-order valence-corrected chi connectivity index (χ1v) is 6.65. The average molecular weight is 270 g/mol. The molecule has 106 valence electrons. The second-order valence-electron chi connectivity index (χ2n) is 4.85. The molecule has 3 nitrogen and oxygen atoms in total. The minimum atomic E-state index is -0.561. The fraction of sp³-hybridized carbons (Fsp3) is 0.571. The van der Waals surface area contributed by atoms with Gasteiger partial charge in [0.1, 0.15) is 11.6 Å². The lowest BCUT2D eigenvalue weighted by molar-refractivity contribution is -0.0437. The summed E-state index contributed by atoms with van der Waals surface area (Å²) in [6, 6.07) is 3.43. The van der Waals surface area contributed by atoms with Crippen LogP contribution in [-0.4, -0.2) is 37.2 Å². The van der Waals surface area contributed by atoms with Crippen LogP contribution in [0.25, 0.3) is 0 Å². The molecule has 0 bridgehead atoms. The van der Waals surface area contributed by atoms with E-state index in [9.17, 15) is 8.78 Å². The van der Waals surface area contributed by atoms with Gasteiger partial charge in [0.2, 0.25) is 0 Å². The second-order valence-corrected chi connectivity index (χ2v) is 4.85. The zero-order valence-corrected chi connectivity index (χ0v) is 11.1. The molecule has 1 aliphatic heterocycles. The quantitative estimate of drug-likeness (QED) is 0.910. The summed E-state index contributed by atoms with van der Waals surface area (Å²) in [6.45, 7) is 4.51. The summed E-state index contributed by atoms with van der Waals surface area (Å²) < 4.78 is 32.2. The van der Waals surface area contributed by atoms with Crippen molar-refractivity contribution in [1.82, 2.24) is 4.90 Å². The molecular formula is C14H20F2N2O. The number of ether oxygens (including phenoxy) is 1. The van der Waals surface area contributed by atoms with Crippen LogP contribution in [0.1, 0.15) is 24.9 Å². The fourth-order valence-electron chi connectivity index (χ4n) is 2.54. The summed E-state index contributed by atoms with van der Waals surface area (Å²) in [6.07, 6.45) is 1.09. The molecule has 0 spiro atoms. The van der Waals surface area contributed by atoms with Crippen molar-refractivity contribution >= 4 is 0 Å². The summed E-state index contributed by atoms with van der Waals surface area (Å²) in [4.78, 5) is 2.14. The second kappa shape index (κ2) is 6.41. The summed E-state index contributed by atoms with van der Waals surface area (Å²) in [5.41, 5.74) is 6.39. The molecule has 5 heteroatoms. The van der Waals surface area contributed by atoms with Crippen molar-refractivity contribution in [3.05, 3.63) is 35.4 Å². The van der Waals surface area contributed by atoms with E-state index in [0.717, 1.165) is 25.6 Å². The van der Waals surface area contributed by atoms with Gasteiger partial charge < -0.3 is 10.5 Å². The van der Waals surface area contributed by atoms with E-state index in [2.05, 4.69) is 11.8 Å². The summed E-state index contributed by atoms with van der Waals surface area (Å²) in [5, 5.41) is 0. The molecule has 1 aromatic rings. The maximum absolute atomic E-state index is 13.3. The van der Waals surface area contributed by atoms with Crippen LogP contribution in [0.2, 0.25) is 0 Å². The fourth-order valence-corrected chi connectivity index (χ4v) is 2.54. The lowest BCUT2D eigenvalue weighted by atomic mass is 10.0. The molecule has 1 aliphatic rings. The Bertz CT molecular complexity index is 408. The van der Waals surface area contributed by atoms with Gasteiger partial charge in [0, 0.05) is 31.7 Å². The Morgan fingerprint density at radius 2 is 2.05 bits per heavy atom. The van der Waals surface area contributed by atoms with Crippen LogP contribution >= 0.6 is 0 Å². The lowest BCUT2D eigenvalue weighted by Gasteiger charge is -2.37. The number of benzene rings is 1. The molecule has 0 saturated carbocycles. The van der Waals surface area contributed by atoms with Gasteiger partial charge in [-0.2, -0.15) is 0 Å². The van der Waals surface area contributed by atoms with E-state index in [1.54, 1.807) is 0 Å². The first-order valence-electron chi connectivity index (χ1n) is 6.65. The van der Waals surface area contributed by atoms with Crippen molar-refractivity contribution in [2.45, 2.75) is 25.5 Å². The molecule has 0 aromatic heterocycles. The van der Waals surface area contributed by atoms with Crippen LogP contribution in [0.15, 0.2) is 18.2 Å². The highest BCUT2D eigenvalue weighted by Crippen LogP contribution is 2.24. The van der Waals surface area contributed by atoms with Gasteiger partial charge in [-0.3, -0.25) is 4.90 Å². The van der Waals surface area contributed by atoms with Gasteiger partial charge in [0.15, 0.2) is 0 Å². The zero-order valence-electron chi connectivity index (χ0n) is 11.1. The largest absolute Gasteiger partial charge is 0.376 e. The summed E-state index contributed by atoms with van der Waals surface area (Å²) >= 11 is 0. The molecule has 1 heterocycles. The number of halogens is 2. The number of hydrogen-bond acceptors (Lipinski definition) is 3. The van der Waals surface area contributed by atoms with Crippen LogP contribution in [0.5, 0.6) is 0 Å². The SMILES string of the molecule is CCC1CN(C(CN)c2cc(F)cc(F)c2)CCO1. The van der Waals surface area contributed by atoms with Crippen molar-refractivity contribution < 1.29 is 13.5 Å². The number of morpholine rings is 1. The maximum atomic E-state index is 13.3. The summed E-state index contributed by atoms with van der Waals surface area (Å²) in [5.74, 6) is -1.12. The Kier molecular flexibility index (Phi) is 4.85. The maximum Gasteiger partial charge on any atom is 0.126 e. The number of nitrogens with two attached hydrogens (primary N) is 1. The third kappa shape index (κ3) is 3.49. The zero-order chi connectivity index (χ0) is 13.8. The van der Waals surface area contributed by atoms with Gasteiger partial charge >= 0.3 is 0 Å². The molecule has 19 heavy (non-hydrogen) atoms. The minimum absolute atomic E-state index is 0.164. The van der Waals surface area contributed by atoms with E-state index in [1.807, 2.05) is 0 Å². The van der Waals surface area contributed by atoms with Crippen LogP contribution < -0.4 is 5.73 Å². The van der Waals surface area contributed by atoms with Gasteiger partial charge in [0.05, 0.1) is 12.7 Å². The van der Waals surface area contributed by atoms with Gasteiger partial charge in [-0.05, 0) is 24.1 Å². The topological polar surface area (TPSA) is 38.5 Å². The van der Waals surface area contributed by atoms with Crippen LogP contribution in [0.4, 0.5) is 8.78 Å². The third-order valence-electron chi connectivity index (χ3n) is 3.56. The smallest absolute Gasteiger partial charge is 0.126 e. The highest BCUT2D eigenvalue weighted by molar-refractivity contribution is 5.22. The number of nitrogens with zero attached hydrogens (tertiary/aromatic N) is 1. The van der Waals surface area contributed by atoms with Crippen LogP contribution in [0.3, 0.4) is 0 Å². The Morgan fingerprint density at radius 3 is 2.63 bits per heavy atom. The molecule has 2 unspecified atom stereocenters. The monoisotopic (exact) mass is 270 g/mol. The van der Waals surface area contributed by atoms with Gasteiger partial charge in [-0.25, -0.2) is 8.78 Å². The normalized spacial score (nSPS) is 22.4. The molecule has 2 atom stereocenters. The predicted molar refractivity (Wildman–Crippen MR) is 69.8 cm³/mol. The van der Waals surface area contributed by atoms with Crippen molar-refractivity contribution in [2.75, 3.05) is 26.2 Å². The average Bonchev–Trinajstić information content (AvgIpc) is 2.39. The molecule has 0 amide bonds. The van der Waals surface area contributed by atoms with Crippen molar-refractivity contribution in [3.63, 3.8) is 0 Å². The van der Waals surface area contributed by atoms with Crippen molar-refractivity contribution in [3.8, 4) is 0 Å². The standard InChI is InChI=1S/C14H20F2N2O/c1-2-13-9-18(3-4-19-13)14(8-17)10-5-11(15)7-12(16)6-10/h5-7,13-14H,2-4,8-9,17H2,1H3.